The van der Waals surface area contributed by atoms with Crippen LogP contribution in [-0.4, -0.2) is 28.1 Å². The molecular weight excluding hydrogens is 292 g/mol. The summed E-state index contributed by atoms with van der Waals surface area (Å²) in [6.07, 6.45) is 4.56. The van der Waals surface area contributed by atoms with Gasteiger partial charge in [0.15, 0.2) is 0 Å². The average molecular weight is 310 g/mol. The molecule has 0 amide bonds. The molecule has 0 saturated heterocycles. The van der Waals surface area contributed by atoms with E-state index in [4.69, 9.17) is 4.18 Å². The molecule has 0 fully saturated rings. The Morgan fingerprint density at radius 1 is 1.24 bits per heavy atom. The molecule has 21 heavy (non-hydrogen) atoms. The summed E-state index contributed by atoms with van der Waals surface area (Å²) >= 11 is 0. The smallest absolute Gasteiger partial charge is 0.333 e. The Kier molecular flexibility index (Phi) is 6.33. The van der Waals surface area contributed by atoms with Gasteiger partial charge in [-0.05, 0) is 26.0 Å². The minimum Gasteiger partial charge on any atom is -0.466 e. The largest absolute Gasteiger partial charge is 0.466 e. The summed E-state index contributed by atoms with van der Waals surface area (Å²) in [5.74, 6) is -0.437. The van der Waals surface area contributed by atoms with Crippen LogP contribution in [0.15, 0.2) is 53.0 Å². The first kappa shape index (κ1) is 17.1. The maximum Gasteiger partial charge on any atom is 0.333 e. The molecule has 5 nitrogen and oxygen atoms in total. The van der Waals surface area contributed by atoms with Crippen molar-refractivity contribution in [1.82, 2.24) is 0 Å². The molecule has 114 valence electrons. The van der Waals surface area contributed by atoms with Gasteiger partial charge in [0, 0.05) is 5.57 Å². The predicted molar refractivity (Wildman–Crippen MR) is 79.2 cm³/mol. The minimum absolute atomic E-state index is 0.110. The van der Waals surface area contributed by atoms with Crippen LogP contribution in [0.5, 0.6) is 0 Å². The Morgan fingerprint density at radius 3 is 2.43 bits per heavy atom. The number of carbonyl (C=O) groups is 1. The molecule has 1 rings (SSSR count). The van der Waals surface area contributed by atoms with E-state index in [0.717, 1.165) is 5.56 Å². The van der Waals surface area contributed by atoms with Gasteiger partial charge in [0.05, 0.1) is 18.6 Å². The van der Waals surface area contributed by atoms with E-state index >= 15 is 0 Å². The van der Waals surface area contributed by atoms with Crippen molar-refractivity contribution in [3.05, 3.63) is 53.6 Å². The summed E-state index contributed by atoms with van der Waals surface area (Å²) in [5, 5.41) is 0. The van der Waals surface area contributed by atoms with Crippen LogP contribution in [0.2, 0.25) is 0 Å². The number of hydrogen-bond acceptors (Lipinski definition) is 5. The first-order valence-electron chi connectivity index (χ1n) is 6.24. The Labute approximate surface area is 125 Å². The molecule has 6 heteroatoms. The SMILES string of the molecule is COC(=O)/C(C)=C/C=C\COS(=O)(=O)c1ccc(C)cc1. The van der Waals surface area contributed by atoms with Gasteiger partial charge in [-0.25, -0.2) is 4.79 Å². The van der Waals surface area contributed by atoms with Crippen LogP contribution in [0.3, 0.4) is 0 Å². The number of aryl methyl sites for hydroxylation is 1. The van der Waals surface area contributed by atoms with Crippen LogP contribution < -0.4 is 0 Å². The Balaban J connectivity index is 2.59. The van der Waals surface area contributed by atoms with Crippen molar-refractivity contribution in [2.45, 2.75) is 18.7 Å². The second-order valence-electron chi connectivity index (χ2n) is 4.32. The van der Waals surface area contributed by atoms with Crippen molar-refractivity contribution >= 4 is 16.1 Å². The number of carbonyl (C=O) groups excluding carboxylic acids is 1. The lowest BCUT2D eigenvalue weighted by atomic mass is 10.2. The van der Waals surface area contributed by atoms with Crippen molar-refractivity contribution in [2.24, 2.45) is 0 Å². The van der Waals surface area contributed by atoms with Crippen LogP contribution in [0, 0.1) is 6.92 Å². The van der Waals surface area contributed by atoms with Crippen molar-refractivity contribution < 1.29 is 22.1 Å². The van der Waals surface area contributed by atoms with E-state index in [0.29, 0.717) is 5.57 Å². The standard InChI is InChI=1S/C15H18O5S/c1-12-7-9-14(10-8-12)21(17,18)20-11-5-4-6-13(2)15(16)19-3/h4-10H,11H2,1-3H3/b5-4-,13-6+. The number of ether oxygens (including phenoxy) is 1. The maximum atomic E-state index is 11.8. The summed E-state index contributed by atoms with van der Waals surface area (Å²) < 4.78 is 33.1. The summed E-state index contributed by atoms with van der Waals surface area (Å²) in [6.45, 7) is 3.36. The summed E-state index contributed by atoms with van der Waals surface area (Å²) in [5.41, 5.74) is 1.38. The highest BCUT2D eigenvalue weighted by Crippen LogP contribution is 2.13. The zero-order chi connectivity index (χ0) is 15.9. The third kappa shape index (κ3) is 5.53. The van der Waals surface area contributed by atoms with E-state index in [1.807, 2.05) is 6.92 Å². The van der Waals surface area contributed by atoms with Crippen LogP contribution in [0.25, 0.3) is 0 Å². The molecule has 0 spiro atoms. The molecule has 0 aliphatic carbocycles. The molecule has 0 unspecified atom stereocenters. The highest BCUT2D eigenvalue weighted by Gasteiger charge is 2.13. The molecule has 1 aromatic rings. The number of hydrogen-bond donors (Lipinski definition) is 0. The number of esters is 1. The Bertz CT molecular complexity index is 639. The van der Waals surface area contributed by atoms with Gasteiger partial charge < -0.3 is 4.74 Å². The minimum atomic E-state index is -3.76. The molecule has 0 atom stereocenters. The van der Waals surface area contributed by atoms with E-state index < -0.39 is 16.1 Å². The Hall–Kier alpha value is -1.92. The summed E-state index contributed by atoms with van der Waals surface area (Å²) in [7, 11) is -2.47. The lowest BCUT2D eigenvalue weighted by molar-refractivity contribution is -0.136. The molecule has 0 aliphatic heterocycles. The maximum absolute atomic E-state index is 11.8. The van der Waals surface area contributed by atoms with Crippen LogP contribution in [0.4, 0.5) is 0 Å². The van der Waals surface area contributed by atoms with E-state index in [1.54, 1.807) is 19.1 Å². The highest BCUT2D eigenvalue weighted by atomic mass is 32.2. The van der Waals surface area contributed by atoms with Crippen LogP contribution >= 0.6 is 0 Å². The van der Waals surface area contributed by atoms with Gasteiger partial charge in [0.1, 0.15) is 0 Å². The number of rotatable bonds is 6. The van der Waals surface area contributed by atoms with Gasteiger partial charge in [-0.15, -0.1) is 0 Å². The van der Waals surface area contributed by atoms with Gasteiger partial charge in [0.25, 0.3) is 10.1 Å². The van der Waals surface area contributed by atoms with Crippen molar-refractivity contribution in [3.8, 4) is 0 Å². The molecule has 0 saturated carbocycles. The van der Waals surface area contributed by atoms with Crippen molar-refractivity contribution in [3.63, 3.8) is 0 Å². The summed E-state index contributed by atoms with van der Waals surface area (Å²) in [6, 6.07) is 6.40. The fourth-order valence-corrected chi connectivity index (χ4v) is 2.26. The molecular formula is C15H18O5S. The molecule has 0 heterocycles. The third-order valence-corrected chi connectivity index (χ3v) is 3.91. The van der Waals surface area contributed by atoms with Gasteiger partial charge in [-0.2, -0.15) is 8.42 Å². The quantitative estimate of drug-likeness (QED) is 0.349. The molecule has 0 aromatic heterocycles. The first-order chi connectivity index (χ1) is 9.86. The zero-order valence-electron chi connectivity index (χ0n) is 12.2. The monoisotopic (exact) mass is 310 g/mol. The average Bonchev–Trinajstić information content (AvgIpc) is 2.46. The third-order valence-electron chi connectivity index (χ3n) is 2.62. The molecule has 0 radical (unpaired) electrons. The van der Waals surface area contributed by atoms with Crippen molar-refractivity contribution in [1.29, 1.82) is 0 Å². The lowest BCUT2D eigenvalue weighted by Crippen LogP contribution is -2.06. The normalized spacial score (nSPS) is 12.6. The van der Waals surface area contributed by atoms with E-state index in [2.05, 4.69) is 4.74 Å². The highest BCUT2D eigenvalue weighted by molar-refractivity contribution is 7.86. The number of methoxy groups -OCH3 is 1. The lowest BCUT2D eigenvalue weighted by Gasteiger charge is -2.03. The first-order valence-corrected chi connectivity index (χ1v) is 7.65. The van der Waals surface area contributed by atoms with Gasteiger partial charge in [0.2, 0.25) is 0 Å². The fourth-order valence-electron chi connectivity index (χ4n) is 1.40. The van der Waals surface area contributed by atoms with Crippen LogP contribution in [0.1, 0.15) is 12.5 Å². The topological polar surface area (TPSA) is 69.7 Å². The van der Waals surface area contributed by atoms with Gasteiger partial charge in [-0.3, -0.25) is 4.18 Å². The Morgan fingerprint density at radius 2 is 1.86 bits per heavy atom. The molecule has 1 aromatic carbocycles. The fraction of sp³-hybridized carbons (Fsp3) is 0.267. The molecule has 0 N–H and O–H groups in total. The van der Waals surface area contributed by atoms with E-state index in [1.165, 1.54) is 37.5 Å². The van der Waals surface area contributed by atoms with Crippen molar-refractivity contribution in [2.75, 3.05) is 13.7 Å². The molecule has 0 aliphatic rings. The number of benzene rings is 1. The number of allylic oxidation sites excluding steroid dienone is 2. The second kappa shape index (κ2) is 7.75. The predicted octanol–water partition coefficient (Wildman–Crippen LogP) is 2.38. The second-order valence-corrected chi connectivity index (χ2v) is 5.94. The molecule has 0 bridgehead atoms. The zero-order valence-corrected chi connectivity index (χ0v) is 13.0. The van der Waals surface area contributed by atoms with E-state index in [9.17, 15) is 13.2 Å². The van der Waals surface area contributed by atoms with Gasteiger partial charge >= 0.3 is 5.97 Å². The van der Waals surface area contributed by atoms with E-state index in [-0.39, 0.29) is 11.5 Å². The summed E-state index contributed by atoms with van der Waals surface area (Å²) in [4.78, 5) is 11.2. The van der Waals surface area contributed by atoms with Crippen LogP contribution in [-0.2, 0) is 23.8 Å². The van der Waals surface area contributed by atoms with Gasteiger partial charge in [-0.1, -0.05) is 35.9 Å².